The van der Waals surface area contributed by atoms with Gasteiger partial charge < -0.3 is 15.4 Å². The maximum atomic E-state index is 12.5. The first-order chi connectivity index (χ1) is 15.5. The molecule has 2 amide bonds. The van der Waals surface area contributed by atoms with Gasteiger partial charge in [0.1, 0.15) is 5.75 Å². The Hall–Kier alpha value is -3.71. The first-order valence-corrected chi connectivity index (χ1v) is 10.7. The molecule has 3 aromatic rings. The smallest absolute Gasteiger partial charge is 0.257 e. The van der Waals surface area contributed by atoms with Crippen molar-refractivity contribution in [1.82, 2.24) is 10.6 Å². The van der Waals surface area contributed by atoms with Gasteiger partial charge in [0.2, 0.25) is 0 Å². The molecule has 0 atom stereocenters. The summed E-state index contributed by atoms with van der Waals surface area (Å²) in [5.74, 6) is 0.141. The number of ether oxygens (including phenoxy) is 1. The Kier molecular flexibility index (Phi) is 8.34. The molecule has 32 heavy (non-hydrogen) atoms. The summed E-state index contributed by atoms with van der Waals surface area (Å²) in [5, 5.41) is 8.65. The molecule has 6 nitrogen and oxygen atoms in total. The molecular formula is C25H25N3O3S. The summed E-state index contributed by atoms with van der Waals surface area (Å²) < 4.78 is 5.56. The maximum absolute atomic E-state index is 12.5. The third kappa shape index (κ3) is 6.92. The van der Waals surface area contributed by atoms with Crippen LogP contribution in [0.4, 0.5) is 5.69 Å². The van der Waals surface area contributed by atoms with E-state index in [0.29, 0.717) is 35.7 Å². The summed E-state index contributed by atoms with van der Waals surface area (Å²) in [6, 6.07) is 23.5. The highest BCUT2D eigenvalue weighted by atomic mass is 32.1. The molecule has 3 aromatic carbocycles. The predicted octanol–water partition coefficient (Wildman–Crippen LogP) is 4.53. The van der Waals surface area contributed by atoms with E-state index in [1.807, 2.05) is 37.3 Å². The van der Waals surface area contributed by atoms with Crippen molar-refractivity contribution in [2.45, 2.75) is 19.9 Å². The van der Waals surface area contributed by atoms with Crippen molar-refractivity contribution in [3.8, 4) is 5.75 Å². The van der Waals surface area contributed by atoms with Gasteiger partial charge in [-0.15, -0.1) is 0 Å². The van der Waals surface area contributed by atoms with Crippen LogP contribution in [-0.2, 0) is 6.54 Å². The van der Waals surface area contributed by atoms with Crippen molar-refractivity contribution in [3.05, 3.63) is 95.6 Å². The fourth-order valence-corrected chi connectivity index (χ4v) is 3.08. The number of hydrogen-bond donors (Lipinski definition) is 3. The first kappa shape index (κ1) is 23.0. The van der Waals surface area contributed by atoms with Crippen molar-refractivity contribution in [1.29, 1.82) is 0 Å². The highest BCUT2D eigenvalue weighted by molar-refractivity contribution is 7.80. The Morgan fingerprint density at radius 3 is 2.34 bits per heavy atom. The van der Waals surface area contributed by atoms with E-state index in [9.17, 15) is 9.59 Å². The third-order valence-corrected chi connectivity index (χ3v) is 4.70. The quantitative estimate of drug-likeness (QED) is 0.442. The van der Waals surface area contributed by atoms with E-state index in [2.05, 4.69) is 16.0 Å². The molecule has 3 N–H and O–H groups in total. The number of anilines is 1. The average Bonchev–Trinajstić information content (AvgIpc) is 2.82. The van der Waals surface area contributed by atoms with Crippen LogP contribution in [-0.4, -0.2) is 23.5 Å². The number of carbonyl (C=O) groups excluding carboxylic acids is 2. The van der Waals surface area contributed by atoms with E-state index in [4.69, 9.17) is 17.0 Å². The second-order valence-corrected chi connectivity index (χ2v) is 7.44. The van der Waals surface area contributed by atoms with E-state index in [-0.39, 0.29) is 16.9 Å². The second-order valence-electron chi connectivity index (χ2n) is 7.03. The fourth-order valence-electron chi connectivity index (χ4n) is 2.87. The molecule has 0 unspecified atom stereocenters. The molecule has 7 heteroatoms. The molecule has 0 aromatic heterocycles. The van der Waals surface area contributed by atoms with Crippen molar-refractivity contribution < 1.29 is 14.3 Å². The zero-order valence-electron chi connectivity index (χ0n) is 17.8. The van der Waals surface area contributed by atoms with Crippen LogP contribution < -0.4 is 20.7 Å². The minimum absolute atomic E-state index is 0.163. The average molecular weight is 448 g/mol. The van der Waals surface area contributed by atoms with E-state index in [1.54, 1.807) is 48.5 Å². The molecule has 164 valence electrons. The lowest BCUT2D eigenvalue weighted by Crippen LogP contribution is -2.34. The van der Waals surface area contributed by atoms with Gasteiger partial charge in [0, 0.05) is 23.4 Å². The molecule has 0 saturated heterocycles. The standard InChI is InChI=1S/C25H25N3O3S/c1-2-15-31-22-10-6-9-20(16-22)24(30)28-25(32)27-21-13-11-19(12-14-21)23(29)26-17-18-7-4-3-5-8-18/h3-14,16H,2,15,17H2,1H3,(H,26,29)(H2,27,28,30,32). The van der Waals surface area contributed by atoms with E-state index in [1.165, 1.54) is 0 Å². The molecule has 0 aliphatic rings. The molecule has 0 fully saturated rings. The minimum atomic E-state index is -0.332. The third-order valence-electron chi connectivity index (χ3n) is 4.50. The Morgan fingerprint density at radius 2 is 1.62 bits per heavy atom. The number of nitrogens with one attached hydrogen (secondary N) is 3. The van der Waals surface area contributed by atoms with Crippen LogP contribution in [0.15, 0.2) is 78.9 Å². The summed E-state index contributed by atoms with van der Waals surface area (Å²) in [7, 11) is 0. The Morgan fingerprint density at radius 1 is 0.875 bits per heavy atom. The normalized spacial score (nSPS) is 10.2. The Labute approximate surface area is 193 Å². The number of benzene rings is 3. The molecule has 0 aliphatic heterocycles. The highest BCUT2D eigenvalue weighted by Gasteiger charge is 2.10. The summed E-state index contributed by atoms with van der Waals surface area (Å²) in [5.41, 5.74) is 2.68. The number of amides is 2. The fraction of sp³-hybridized carbons (Fsp3) is 0.160. The Balaban J connectivity index is 1.51. The van der Waals surface area contributed by atoms with Crippen LogP contribution in [0.5, 0.6) is 5.75 Å². The van der Waals surface area contributed by atoms with E-state index in [0.717, 1.165) is 12.0 Å². The van der Waals surface area contributed by atoms with Crippen LogP contribution in [0.1, 0.15) is 39.6 Å². The topological polar surface area (TPSA) is 79.5 Å². The lowest BCUT2D eigenvalue weighted by atomic mass is 10.1. The first-order valence-electron chi connectivity index (χ1n) is 10.3. The van der Waals surface area contributed by atoms with Crippen LogP contribution in [0, 0.1) is 0 Å². The zero-order valence-corrected chi connectivity index (χ0v) is 18.6. The van der Waals surface area contributed by atoms with Gasteiger partial charge >= 0.3 is 0 Å². The highest BCUT2D eigenvalue weighted by Crippen LogP contribution is 2.14. The van der Waals surface area contributed by atoms with Gasteiger partial charge in [-0.1, -0.05) is 43.3 Å². The van der Waals surface area contributed by atoms with Gasteiger partial charge in [-0.2, -0.15) is 0 Å². The zero-order chi connectivity index (χ0) is 22.8. The molecular weight excluding hydrogens is 422 g/mol. The number of rotatable bonds is 8. The molecule has 0 bridgehead atoms. The van der Waals surface area contributed by atoms with Crippen molar-refractivity contribution in [2.24, 2.45) is 0 Å². The van der Waals surface area contributed by atoms with Crippen LogP contribution >= 0.6 is 12.2 Å². The summed E-state index contributed by atoms with van der Waals surface area (Å²) in [4.78, 5) is 24.8. The molecule has 0 spiro atoms. The van der Waals surface area contributed by atoms with Gasteiger partial charge in [0.15, 0.2) is 5.11 Å². The lowest BCUT2D eigenvalue weighted by molar-refractivity contribution is 0.0948. The van der Waals surface area contributed by atoms with Crippen molar-refractivity contribution >= 4 is 34.8 Å². The van der Waals surface area contributed by atoms with Gasteiger partial charge in [-0.3, -0.25) is 14.9 Å². The van der Waals surface area contributed by atoms with E-state index < -0.39 is 0 Å². The van der Waals surface area contributed by atoms with Crippen LogP contribution in [0.25, 0.3) is 0 Å². The van der Waals surface area contributed by atoms with Gasteiger partial charge in [-0.25, -0.2) is 0 Å². The number of carbonyl (C=O) groups is 2. The Bertz CT molecular complexity index is 1070. The molecule has 0 radical (unpaired) electrons. The van der Waals surface area contributed by atoms with Gasteiger partial charge in [-0.05, 0) is 66.7 Å². The summed E-state index contributed by atoms with van der Waals surface area (Å²) >= 11 is 5.24. The van der Waals surface area contributed by atoms with E-state index >= 15 is 0 Å². The van der Waals surface area contributed by atoms with Gasteiger partial charge in [0.05, 0.1) is 6.61 Å². The second kappa shape index (κ2) is 11.6. The van der Waals surface area contributed by atoms with Crippen molar-refractivity contribution in [2.75, 3.05) is 11.9 Å². The maximum Gasteiger partial charge on any atom is 0.257 e. The summed E-state index contributed by atoms with van der Waals surface area (Å²) in [6.45, 7) is 3.07. The molecule has 0 heterocycles. The molecule has 3 rings (SSSR count). The van der Waals surface area contributed by atoms with Crippen LogP contribution in [0.2, 0.25) is 0 Å². The number of hydrogen-bond acceptors (Lipinski definition) is 4. The number of thiocarbonyl (C=S) groups is 1. The van der Waals surface area contributed by atoms with Crippen LogP contribution in [0.3, 0.4) is 0 Å². The SMILES string of the molecule is CCCOc1cccc(C(=O)NC(=S)Nc2ccc(C(=O)NCc3ccccc3)cc2)c1. The molecule has 0 aliphatic carbocycles. The minimum Gasteiger partial charge on any atom is -0.494 e. The van der Waals surface area contributed by atoms with Crippen molar-refractivity contribution in [3.63, 3.8) is 0 Å². The monoisotopic (exact) mass is 447 g/mol. The molecule has 0 saturated carbocycles. The summed E-state index contributed by atoms with van der Waals surface area (Å²) in [6.07, 6.45) is 0.887. The largest absolute Gasteiger partial charge is 0.494 e. The van der Waals surface area contributed by atoms with Gasteiger partial charge in [0.25, 0.3) is 11.8 Å². The lowest BCUT2D eigenvalue weighted by Gasteiger charge is -2.11. The predicted molar refractivity (Wildman–Crippen MR) is 130 cm³/mol.